The van der Waals surface area contributed by atoms with E-state index in [2.05, 4.69) is 41.5 Å². The molecular weight excluding hydrogens is 144 g/mol. The largest absolute Gasteiger partial charge is 0.0772 e. The molecule has 0 heteroatoms. The van der Waals surface area contributed by atoms with Crippen LogP contribution >= 0.6 is 0 Å². The highest BCUT2D eigenvalue weighted by atomic mass is 14.2. The maximum Gasteiger partial charge on any atom is -0.0181 e. The molecular formula is C12H24. The summed E-state index contributed by atoms with van der Waals surface area (Å²) in [6.07, 6.45) is 2.64. The standard InChI is InChI=1S/C12H24/c1-7-8-12(10(4)5)11(6)9(2)3/h10,12H,7-8H2,1-6H3. The van der Waals surface area contributed by atoms with E-state index in [1.54, 1.807) is 5.57 Å². The zero-order valence-electron chi connectivity index (χ0n) is 9.57. The molecule has 0 saturated heterocycles. The van der Waals surface area contributed by atoms with Gasteiger partial charge in [-0.05, 0) is 39.0 Å². The molecule has 72 valence electrons. The first kappa shape index (κ1) is 11.7. The Morgan fingerprint density at radius 2 is 1.58 bits per heavy atom. The van der Waals surface area contributed by atoms with Crippen LogP contribution in [0.25, 0.3) is 0 Å². The van der Waals surface area contributed by atoms with Gasteiger partial charge in [-0.25, -0.2) is 0 Å². The van der Waals surface area contributed by atoms with Gasteiger partial charge in [0.05, 0.1) is 0 Å². The third-order valence-electron chi connectivity index (χ3n) is 2.75. The van der Waals surface area contributed by atoms with Crippen LogP contribution in [0.2, 0.25) is 0 Å². The maximum absolute atomic E-state index is 2.33. The van der Waals surface area contributed by atoms with Crippen LogP contribution < -0.4 is 0 Å². The summed E-state index contributed by atoms with van der Waals surface area (Å²) in [6, 6.07) is 0. The minimum Gasteiger partial charge on any atom is -0.0772 e. The Balaban J connectivity index is 4.41. The van der Waals surface area contributed by atoms with Crippen LogP contribution in [0.1, 0.15) is 54.4 Å². The van der Waals surface area contributed by atoms with Crippen molar-refractivity contribution in [3.8, 4) is 0 Å². The van der Waals surface area contributed by atoms with Crippen LogP contribution in [0.15, 0.2) is 11.1 Å². The molecule has 0 aromatic rings. The van der Waals surface area contributed by atoms with Gasteiger partial charge in [-0.3, -0.25) is 0 Å². The van der Waals surface area contributed by atoms with Crippen molar-refractivity contribution in [2.45, 2.75) is 54.4 Å². The molecule has 0 aliphatic rings. The third-order valence-corrected chi connectivity index (χ3v) is 2.75. The van der Waals surface area contributed by atoms with E-state index < -0.39 is 0 Å². The first-order valence-electron chi connectivity index (χ1n) is 5.14. The van der Waals surface area contributed by atoms with Crippen molar-refractivity contribution in [2.24, 2.45) is 11.8 Å². The van der Waals surface area contributed by atoms with E-state index in [0.717, 1.165) is 11.8 Å². The van der Waals surface area contributed by atoms with Gasteiger partial charge in [-0.1, -0.05) is 38.3 Å². The maximum atomic E-state index is 2.33. The van der Waals surface area contributed by atoms with Crippen LogP contribution in [0.3, 0.4) is 0 Å². The molecule has 1 unspecified atom stereocenters. The quantitative estimate of drug-likeness (QED) is 0.545. The molecule has 0 saturated carbocycles. The SMILES string of the molecule is CCCC(C(C)=C(C)C)C(C)C. The van der Waals surface area contributed by atoms with Crippen molar-refractivity contribution in [1.82, 2.24) is 0 Å². The van der Waals surface area contributed by atoms with Gasteiger partial charge < -0.3 is 0 Å². The number of hydrogen-bond acceptors (Lipinski definition) is 0. The summed E-state index contributed by atoms with van der Waals surface area (Å²) in [4.78, 5) is 0. The van der Waals surface area contributed by atoms with Gasteiger partial charge in [0.15, 0.2) is 0 Å². The fourth-order valence-corrected chi connectivity index (χ4v) is 1.73. The second-order valence-electron chi connectivity index (χ2n) is 4.32. The molecule has 0 nitrogen and oxygen atoms in total. The van der Waals surface area contributed by atoms with Crippen molar-refractivity contribution < 1.29 is 0 Å². The average Bonchev–Trinajstić information content (AvgIpc) is 1.98. The van der Waals surface area contributed by atoms with Gasteiger partial charge in [0.25, 0.3) is 0 Å². The van der Waals surface area contributed by atoms with E-state index in [0.29, 0.717) is 0 Å². The van der Waals surface area contributed by atoms with Crippen molar-refractivity contribution in [3.63, 3.8) is 0 Å². The van der Waals surface area contributed by atoms with E-state index in [1.807, 2.05) is 0 Å². The monoisotopic (exact) mass is 168 g/mol. The van der Waals surface area contributed by atoms with Gasteiger partial charge in [0.1, 0.15) is 0 Å². The van der Waals surface area contributed by atoms with Crippen molar-refractivity contribution in [1.29, 1.82) is 0 Å². The topological polar surface area (TPSA) is 0 Å². The fourth-order valence-electron chi connectivity index (χ4n) is 1.73. The summed E-state index contributed by atoms with van der Waals surface area (Å²) >= 11 is 0. The van der Waals surface area contributed by atoms with Crippen LogP contribution in [0.4, 0.5) is 0 Å². The Hall–Kier alpha value is -0.260. The molecule has 0 spiro atoms. The minimum absolute atomic E-state index is 0.792. The minimum atomic E-state index is 0.792. The molecule has 1 atom stereocenters. The van der Waals surface area contributed by atoms with Crippen LogP contribution in [-0.2, 0) is 0 Å². The van der Waals surface area contributed by atoms with E-state index >= 15 is 0 Å². The molecule has 0 N–H and O–H groups in total. The second kappa shape index (κ2) is 5.40. The predicted molar refractivity (Wildman–Crippen MR) is 57.3 cm³/mol. The molecule has 0 heterocycles. The lowest BCUT2D eigenvalue weighted by Gasteiger charge is -2.22. The Bertz CT molecular complexity index is 147. The fraction of sp³-hybridized carbons (Fsp3) is 0.833. The van der Waals surface area contributed by atoms with Crippen molar-refractivity contribution in [3.05, 3.63) is 11.1 Å². The Morgan fingerprint density at radius 1 is 1.08 bits per heavy atom. The third kappa shape index (κ3) is 3.42. The summed E-state index contributed by atoms with van der Waals surface area (Å²) < 4.78 is 0. The molecule has 0 aliphatic heterocycles. The molecule has 12 heavy (non-hydrogen) atoms. The highest BCUT2D eigenvalue weighted by Gasteiger charge is 2.14. The van der Waals surface area contributed by atoms with Gasteiger partial charge in [0, 0.05) is 0 Å². The van der Waals surface area contributed by atoms with E-state index in [4.69, 9.17) is 0 Å². The van der Waals surface area contributed by atoms with Gasteiger partial charge in [0.2, 0.25) is 0 Å². The van der Waals surface area contributed by atoms with Crippen molar-refractivity contribution in [2.75, 3.05) is 0 Å². The lowest BCUT2D eigenvalue weighted by atomic mass is 9.83. The molecule has 0 aromatic carbocycles. The van der Waals surface area contributed by atoms with E-state index in [-0.39, 0.29) is 0 Å². The molecule has 0 amide bonds. The summed E-state index contributed by atoms with van der Waals surface area (Å²) in [6.45, 7) is 13.7. The van der Waals surface area contributed by atoms with Crippen molar-refractivity contribution >= 4 is 0 Å². The van der Waals surface area contributed by atoms with Gasteiger partial charge in [-0.2, -0.15) is 0 Å². The van der Waals surface area contributed by atoms with E-state index in [1.165, 1.54) is 18.4 Å². The zero-order chi connectivity index (χ0) is 9.72. The number of hydrogen-bond donors (Lipinski definition) is 0. The highest BCUT2D eigenvalue weighted by Crippen LogP contribution is 2.27. The molecule has 0 rings (SSSR count). The normalized spacial score (nSPS) is 13.2. The summed E-state index contributed by atoms with van der Waals surface area (Å²) in [5, 5.41) is 0. The second-order valence-corrected chi connectivity index (χ2v) is 4.32. The van der Waals surface area contributed by atoms with Crippen LogP contribution in [0.5, 0.6) is 0 Å². The number of rotatable bonds is 4. The molecule has 0 bridgehead atoms. The Kier molecular flexibility index (Phi) is 5.28. The highest BCUT2D eigenvalue weighted by molar-refractivity contribution is 5.11. The predicted octanol–water partition coefficient (Wildman–Crippen LogP) is 4.42. The van der Waals surface area contributed by atoms with Crippen LogP contribution in [-0.4, -0.2) is 0 Å². The summed E-state index contributed by atoms with van der Waals surface area (Å²) in [5.74, 6) is 1.60. The van der Waals surface area contributed by atoms with Gasteiger partial charge >= 0.3 is 0 Å². The van der Waals surface area contributed by atoms with E-state index in [9.17, 15) is 0 Å². The molecule has 0 aliphatic carbocycles. The Morgan fingerprint density at radius 3 is 1.83 bits per heavy atom. The average molecular weight is 168 g/mol. The molecule has 0 aromatic heterocycles. The summed E-state index contributed by atoms with van der Waals surface area (Å²) in [7, 11) is 0. The molecule has 0 fully saturated rings. The van der Waals surface area contributed by atoms with Gasteiger partial charge in [-0.15, -0.1) is 0 Å². The lowest BCUT2D eigenvalue weighted by molar-refractivity contribution is 0.408. The lowest BCUT2D eigenvalue weighted by Crippen LogP contribution is -2.10. The Labute approximate surface area is 78.1 Å². The first-order chi connectivity index (χ1) is 5.50. The first-order valence-corrected chi connectivity index (χ1v) is 5.14. The zero-order valence-corrected chi connectivity index (χ0v) is 9.57. The smallest absolute Gasteiger partial charge is 0.0181 e. The molecule has 0 radical (unpaired) electrons. The number of allylic oxidation sites excluding steroid dienone is 2. The summed E-state index contributed by atoms with van der Waals surface area (Å²) in [5.41, 5.74) is 3.11. The van der Waals surface area contributed by atoms with Crippen LogP contribution in [0, 0.1) is 11.8 Å².